The molecule has 0 saturated carbocycles. The van der Waals surface area contributed by atoms with E-state index in [2.05, 4.69) is 17.6 Å². The Balaban J connectivity index is 2.99. The van der Waals surface area contributed by atoms with E-state index in [0.717, 1.165) is 0 Å². The van der Waals surface area contributed by atoms with E-state index in [9.17, 15) is 5.21 Å². The van der Waals surface area contributed by atoms with Crippen molar-refractivity contribution in [2.75, 3.05) is 7.05 Å². The summed E-state index contributed by atoms with van der Waals surface area (Å²) in [5.41, 5.74) is 2.82. The molecule has 1 aliphatic rings. The number of aliphatic hydroxyl groups excluding tert-OH is 1. The molecule has 0 bridgehead atoms. The van der Waals surface area contributed by atoms with Crippen LogP contribution in [-0.2, 0) is 0 Å². The number of allylic oxidation sites excluding steroid dienone is 2. The lowest BCUT2D eigenvalue weighted by atomic mass is 10.4. The largest absolute Gasteiger partial charge is 0.758 e. The Hall–Kier alpha value is -1.62. The lowest BCUT2D eigenvalue weighted by Gasteiger charge is -2.24. The van der Waals surface area contributed by atoms with Crippen molar-refractivity contribution < 1.29 is 5.11 Å². The Morgan fingerprint density at radius 2 is 2.36 bits per heavy atom. The van der Waals surface area contributed by atoms with Gasteiger partial charge in [-0.1, -0.05) is 11.7 Å². The van der Waals surface area contributed by atoms with Gasteiger partial charge in [-0.15, -0.1) is 0 Å². The van der Waals surface area contributed by atoms with E-state index < -0.39 is 0 Å². The molecule has 0 fully saturated rings. The van der Waals surface area contributed by atoms with Crippen molar-refractivity contribution in [3.05, 3.63) is 34.5 Å². The highest BCUT2D eigenvalue weighted by Crippen LogP contribution is 2.02. The topological polar surface area (TPSA) is 46.5 Å². The maximum absolute atomic E-state index is 10.7. The highest BCUT2D eigenvalue weighted by molar-refractivity contribution is 5.37. The van der Waals surface area contributed by atoms with Gasteiger partial charge in [-0.3, -0.25) is 0 Å². The van der Waals surface area contributed by atoms with E-state index in [4.69, 9.17) is 5.11 Å². The van der Waals surface area contributed by atoms with Gasteiger partial charge in [-0.2, -0.15) is 0 Å². The van der Waals surface area contributed by atoms with Gasteiger partial charge in [0.2, 0.25) is 5.76 Å². The van der Waals surface area contributed by atoms with Gasteiger partial charge >= 0.3 is 0 Å². The molecular formula is C8H6NO2-. The molecular weight excluding hydrogens is 142 g/mol. The van der Waals surface area contributed by atoms with Gasteiger partial charge in [0.1, 0.15) is 0 Å². The lowest BCUT2D eigenvalue weighted by Crippen LogP contribution is -2.05. The smallest absolute Gasteiger partial charge is 0.212 e. The number of nitrogens with zero attached hydrogens (tertiary/aromatic N) is 1. The molecule has 0 radical (unpaired) electrons. The molecule has 3 nitrogen and oxygen atoms in total. The SMILES string of the molecule is CN([O-])C1=CC#CC(O)=C=C1. The number of aliphatic hydroxyl groups is 1. The highest BCUT2D eigenvalue weighted by atomic mass is 16.5. The van der Waals surface area contributed by atoms with Gasteiger partial charge in [0, 0.05) is 17.8 Å². The zero-order chi connectivity index (χ0) is 8.27. The minimum atomic E-state index is -0.155. The Labute approximate surface area is 64.5 Å². The number of hydrogen-bond donors (Lipinski definition) is 1. The fraction of sp³-hybridized carbons (Fsp3) is 0.125. The van der Waals surface area contributed by atoms with Crippen molar-refractivity contribution >= 4 is 0 Å². The van der Waals surface area contributed by atoms with Crippen LogP contribution in [0.4, 0.5) is 0 Å². The third-order valence-electron chi connectivity index (χ3n) is 1.13. The molecule has 0 unspecified atom stereocenters. The normalized spacial score (nSPS) is 14.0. The minimum absolute atomic E-state index is 0.155. The van der Waals surface area contributed by atoms with Crippen LogP contribution in [0.3, 0.4) is 0 Å². The van der Waals surface area contributed by atoms with Crippen LogP contribution in [0.25, 0.3) is 0 Å². The molecule has 0 heterocycles. The van der Waals surface area contributed by atoms with Gasteiger partial charge in [0.25, 0.3) is 0 Å². The molecule has 1 aliphatic carbocycles. The molecule has 56 valence electrons. The maximum Gasteiger partial charge on any atom is 0.212 e. The molecule has 0 aliphatic heterocycles. The summed E-state index contributed by atoms with van der Waals surface area (Å²) in [5.74, 6) is 4.71. The van der Waals surface area contributed by atoms with Crippen molar-refractivity contribution in [1.29, 1.82) is 0 Å². The average molecular weight is 148 g/mol. The number of hydroxylamine groups is 2. The quantitative estimate of drug-likeness (QED) is 0.341. The lowest BCUT2D eigenvalue weighted by molar-refractivity contribution is 0.440. The summed E-state index contributed by atoms with van der Waals surface area (Å²) in [6.07, 6.45) is 2.79. The Morgan fingerprint density at radius 3 is 3.00 bits per heavy atom. The van der Waals surface area contributed by atoms with Gasteiger partial charge in [-0.25, -0.2) is 0 Å². The van der Waals surface area contributed by atoms with Crippen LogP contribution in [0.5, 0.6) is 0 Å². The fourth-order valence-corrected chi connectivity index (χ4v) is 0.580. The van der Waals surface area contributed by atoms with E-state index in [1.54, 1.807) is 0 Å². The summed E-state index contributed by atoms with van der Waals surface area (Å²) in [6, 6.07) is 0. The Bertz CT molecular complexity index is 309. The van der Waals surface area contributed by atoms with Gasteiger partial charge in [-0.05, 0) is 13.0 Å². The predicted molar refractivity (Wildman–Crippen MR) is 41.2 cm³/mol. The van der Waals surface area contributed by atoms with Crippen LogP contribution in [0.1, 0.15) is 0 Å². The number of likely N-dealkylation sites (N-methyl/N-ethyl adjacent to an activating group) is 1. The summed E-state index contributed by atoms with van der Waals surface area (Å²) in [5, 5.41) is 20.2. The zero-order valence-electron chi connectivity index (χ0n) is 5.96. The summed E-state index contributed by atoms with van der Waals surface area (Å²) in [4.78, 5) is 0. The first-order chi connectivity index (χ1) is 5.20. The molecule has 1 rings (SSSR count). The number of hydrogen-bond acceptors (Lipinski definition) is 3. The highest BCUT2D eigenvalue weighted by Gasteiger charge is 1.90. The first kappa shape index (κ1) is 7.49. The molecule has 3 heteroatoms. The Morgan fingerprint density at radius 1 is 1.64 bits per heavy atom. The summed E-state index contributed by atoms with van der Waals surface area (Å²) >= 11 is 0. The van der Waals surface area contributed by atoms with E-state index in [0.29, 0.717) is 10.8 Å². The van der Waals surface area contributed by atoms with Crippen LogP contribution in [-0.4, -0.2) is 17.2 Å². The van der Waals surface area contributed by atoms with Crippen molar-refractivity contribution in [2.24, 2.45) is 0 Å². The molecule has 0 spiro atoms. The zero-order valence-corrected chi connectivity index (χ0v) is 5.96. The first-order valence-corrected chi connectivity index (χ1v) is 2.98. The molecule has 0 aromatic rings. The third-order valence-corrected chi connectivity index (χ3v) is 1.13. The van der Waals surface area contributed by atoms with Crippen LogP contribution in [0.15, 0.2) is 29.3 Å². The molecule has 0 amide bonds. The minimum Gasteiger partial charge on any atom is -0.758 e. The van der Waals surface area contributed by atoms with Gasteiger partial charge in [0.15, 0.2) is 0 Å². The van der Waals surface area contributed by atoms with E-state index in [1.165, 1.54) is 19.2 Å². The fourth-order valence-electron chi connectivity index (χ4n) is 0.580. The third kappa shape index (κ3) is 1.91. The molecule has 0 aromatic heterocycles. The average Bonchev–Trinajstić information content (AvgIpc) is 2.13. The molecule has 0 aromatic carbocycles. The monoisotopic (exact) mass is 148 g/mol. The second-order valence-electron chi connectivity index (χ2n) is 1.97. The first-order valence-electron chi connectivity index (χ1n) is 2.98. The maximum atomic E-state index is 10.7. The van der Waals surface area contributed by atoms with Crippen molar-refractivity contribution in [3.8, 4) is 11.8 Å². The number of rotatable bonds is 1. The van der Waals surface area contributed by atoms with Crippen LogP contribution < -0.4 is 0 Å². The van der Waals surface area contributed by atoms with E-state index in [-0.39, 0.29) is 5.76 Å². The van der Waals surface area contributed by atoms with Gasteiger partial charge in [0.05, 0.1) is 0 Å². The van der Waals surface area contributed by atoms with Crippen LogP contribution in [0.2, 0.25) is 0 Å². The van der Waals surface area contributed by atoms with Crippen LogP contribution >= 0.6 is 0 Å². The predicted octanol–water partition coefficient (Wildman–Crippen LogP) is 0.914. The molecule has 11 heavy (non-hydrogen) atoms. The standard InChI is InChI=1S/C8H6NO2/c1-9(11)7-3-2-4-8(10)6-5-7/h3,5,10H,1H3/q-1. The summed E-state index contributed by atoms with van der Waals surface area (Å²) < 4.78 is 0. The van der Waals surface area contributed by atoms with E-state index in [1.807, 2.05) is 0 Å². The molecule has 0 saturated heterocycles. The molecule has 1 N–H and O–H groups in total. The Kier molecular flexibility index (Phi) is 2.03. The van der Waals surface area contributed by atoms with Crippen molar-refractivity contribution in [2.45, 2.75) is 0 Å². The van der Waals surface area contributed by atoms with E-state index >= 15 is 0 Å². The summed E-state index contributed by atoms with van der Waals surface area (Å²) in [7, 11) is 1.36. The molecule has 0 atom stereocenters. The van der Waals surface area contributed by atoms with Crippen LogP contribution in [0, 0.1) is 17.0 Å². The van der Waals surface area contributed by atoms with Crippen molar-refractivity contribution in [3.63, 3.8) is 0 Å². The second-order valence-corrected chi connectivity index (χ2v) is 1.97. The van der Waals surface area contributed by atoms with Crippen molar-refractivity contribution in [1.82, 2.24) is 5.06 Å². The summed E-state index contributed by atoms with van der Waals surface area (Å²) in [6.45, 7) is 0. The second kappa shape index (κ2) is 2.98. The van der Waals surface area contributed by atoms with Gasteiger partial charge < -0.3 is 15.4 Å².